The summed E-state index contributed by atoms with van der Waals surface area (Å²) in [5, 5.41) is 29.1. The fraction of sp³-hybridized carbons (Fsp3) is 0.848. The molecule has 0 aliphatic rings. The first-order valence-corrected chi connectivity index (χ1v) is 16.4. The number of hydrogen-bond donors (Lipinski definition) is 2. The highest BCUT2D eigenvalue weighted by atomic mass is 16.4. The Kier molecular flexibility index (Phi) is 26.0. The van der Waals surface area contributed by atoms with Gasteiger partial charge in [-0.3, -0.25) is 9.59 Å². The molecule has 234 valence electrons. The smallest absolute Gasteiger partial charge is 0.303 e. The first-order valence-electron chi connectivity index (χ1n) is 16.4. The number of unbranched alkanes of at least 4 members (excludes halogenated alkanes) is 15. The highest BCUT2D eigenvalue weighted by Gasteiger charge is 2.26. The molecule has 0 aromatic rings. The maximum atomic E-state index is 11.1. The minimum atomic E-state index is -1.07. The van der Waals surface area contributed by atoms with Gasteiger partial charge in [0.25, 0.3) is 0 Å². The first kappa shape index (κ1) is 38.1. The first-order chi connectivity index (χ1) is 19.3. The minimum absolute atomic E-state index is 0.0197. The largest absolute Gasteiger partial charge is 0.550 e. The van der Waals surface area contributed by atoms with E-state index in [9.17, 15) is 19.5 Å². The number of quaternary nitrogens is 1. The van der Waals surface area contributed by atoms with Gasteiger partial charge in [-0.2, -0.15) is 0 Å². The number of carboxylic acids is 3. The number of carbonyl (C=O) groups is 3. The number of carboxylic acid groups (broad SMARTS) is 3. The fourth-order valence-electron chi connectivity index (χ4n) is 5.59. The molecule has 7 nitrogen and oxygen atoms in total. The molecule has 0 aliphatic carbocycles. The van der Waals surface area contributed by atoms with Crippen LogP contribution in [0.5, 0.6) is 0 Å². The van der Waals surface area contributed by atoms with Crippen molar-refractivity contribution >= 4 is 17.9 Å². The second-order valence-electron chi connectivity index (χ2n) is 11.7. The van der Waals surface area contributed by atoms with Crippen LogP contribution in [0.2, 0.25) is 0 Å². The van der Waals surface area contributed by atoms with Gasteiger partial charge in [-0.1, -0.05) is 89.7 Å². The Morgan fingerprint density at radius 3 is 1.27 bits per heavy atom. The van der Waals surface area contributed by atoms with Crippen LogP contribution < -0.4 is 5.11 Å². The molecular weight excluding hydrogens is 506 g/mol. The maximum Gasteiger partial charge on any atom is 0.303 e. The van der Waals surface area contributed by atoms with E-state index in [4.69, 9.17) is 10.2 Å². The van der Waals surface area contributed by atoms with Gasteiger partial charge in [0.05, 0.1) is 39.0 Å². The van der Waals surface area contributed by atoms with Crippen molar-refractivity contribution in [2.75, 3.05) is 26.2 Å². The highest BCUT2D eigenvalue weighted by Crippen LogP contribution is 2.19. The standard InChI is InChI=1S/C33H61NO6/c1-2-3-4-5-6-7-8-9-10-11-12-13-14-15-16-17-18-19-20-27-34(28-21-24-31(35)36,29-22-25-32(37)38)30-23-26-33(39)40/h7-8H,2-6,9-30H2,1H3,(H2-,35,36,37,38,39,40)/b8-7+. The lowest BCUT2D eigenvalue weighted by Crippen LogP contribution is -2.51. The topological polar surface area (TPSA) is 115 Å². The van der Waals surface area contributed by atoms with Gasteiger partial charge < -0.3 is 24.6 Å². The van der Waals surface area contributed by atoms with Crippen LogP contribution in [0.15, 0.2) is 12.2 Å². The Morgan fingerprint density at radius 2 is 0.875 bits per heavy atom. The number of hydrogen-bond acceptors (Lipinski definition) is 4. The van der Waals surface area contributed by atoms with Gasteiger partial charge in [-0.15, -0.1) is 0 Å². The van der Waals surface area contributed by atoms with Gasteiger partial charge in [0.2, 0.25) is 0 Å². The van der Waals surface area contributed by atoms with Crippen molar-refractivity contribution in [3.05, 3.63) is 12.2 Å². The summed E-state index contributed by atoms with van der Waals surface area (Å²) in [6.07, 6.45) is 27.9. The van der Waals surface area contributed by atoms with E-state index in [1.807, 2.05) is 0 Å². The van der Waals surface area contributed by atoms with Gasteiger partial charge >= 0.3 is 11.9 Å². The predicted molar refractivity (Wildman–Crippen MR) is 161 cm³/mol. The van der Waals surface area contributed by atoms with Crippen LogP contribution in [0.25, 0.3) is 0 Å². The van der Waals surface area contributed by atoms with Gasteiger partial charge in [-0.25, -0.2) is 0 Å². The Labute approximate surface area is 245 Å². The highest BCUT2D eigenvalue weighted by molar-refractivity contribution is 5.66. The SMILES string of the molecule is CCCCCC/C=C/CCCCCCCCCCCCC[N+](CCCC(=O)[O-])(CCCC(=O)O)CCCC(=O)O. The predicted octanol–water partition coefficient (Wildman–Crippen LogP) is 7.27. The van der Waals surface area contributed by atoms with E-state index < -0.39 is 17.9 Å². The van der Waals surface area contributed by atoms with E-state index in [1.165, 1.54) is 96.3 Å². The average molecular weight is 568 g/mol. The number of rotatable bonds is 31. The summed E-state index contributed by atoms with van der Waals surface area (Å²) in [6, 6.07) is 0. The summed E-state index contributed by atoms with van der Waals surface area (Å²) < 4.78 is 0.614. The molecule has 0 aromatic heterocycles. The van der Waals surface area contributed by atoms with Crippen molar-refractivity contribution in [2.45, 2.75) is 155 Å². The number of allylic oxidation sites excluding steroid dienone is 2. The molecule has 0 amide bonds. The Morgan fingerprint density at radius 1 is 0.525 bits per heavy atom. The molecule has 0 radical (unpaired) electrons. The number of aliphatic carboxylic acids is 3. The van der Waals surface area contributed by atoms with Gasteiger partial charge in [0.15, 0.2) is 0 Å². The zero-order chi connectivity index (χ0) is 29.7. The molecule has 0 saturated carbocycles. The second-order valence-corrected chi connectivity index (χ2v) is 11.7. The molecule has 7 heteroatoms. The summed E-state index contributed by atoms with van der Waals surface area (Å²) in [5.41, 5.74) is 0. The molecule has 0 saturated heterocycles. The molecule has 0 bridgehead atoms. The summed E-state index contributed by atoms with van der Waals surface area (Å²) in [5.74, 6) is -2.74. The molecule has 0 rings (SSSR count). The van der Waals surface area contributed by atoms with Crippen molar-refractivity contribution in [1.29, 1.82) is 0 Å². The van der Waals surface area contributed by atoms with Crippen LogP contribution >= 0.6 is 0 Å². The lowest BCUT2D eigenvalue weighted by molar-refractivity contribution is -0.929. The number of nitrogens with zero attached hydrogens (tertiary/aromatic N) is 1. The van der Waals surface area contributed by atoms with Crippen molar-refractivity contribution in [3.63, 3.8) is 0 Å². The van der Waals surface area contributed by atoms with E-state index >= 15 is 0 Å². The Bertz CT molecular complexity index is 613. The molecule has 0 aromatic carbocycles. The number of carbonyl (C=O) groups excluding carboxylic acids is 1. The molecule has 2 N–H and O–H groups in total. The van der Waals surface area contributed by atoms with Crippen molar-refractivity contribution in [3.8, 4) is 0 Å². The normalized spacial score (nSPS) is 11.8. The molecule has 0 aliphatic heterocycles. The fourth-order valence-corrected chi connectivity index (χ4v) is 5.59. The lowest BCUT2D eigenvalue weighted by atomic mass is 10.0. The molecule has 0 unspecified atom stereocenters. The van der Waals surface area contributed by atoms with Crippen LogP contribution in [0.3, 0.4) is 0 Å². The van der Waals surface area contributed by atoms with Crippen molar-refractivity contribution in [1.82, 2.24) is 0 Å². The average Bonchev–Trinajstić information content (AvgIpc) is 2.89. The third-order valence-electron chi connectivity index (χ3n) is 7.95. The maximum absolute atomic E-state index is 11.1. The van der Waals surface area contributed by atoms with Crippen LogP contribution in [0.4, 0.5) is 0 Å². The van der Waals surface area contributed by atoms with Crippen LogP contribution in [-0.2, 0) is 14.4 Å². The third kappa shape index (κ3) is 26.3. The zero-order valence-electron chi connectivity index (χ0n) is 25.7. The van der Waals surface area contributed by atoms with Gasteiger partial charge in [0.1, 0.15) is 0 Å². The summed E-state index contributed by atoms with van der Waals surface area (Å²) in [6.45, 7) is 5.02. The zero-order valence-corrected chi connectivity index (χ0v) is 25.7. The van der Waals surface area contributed by atoms with Crippen molar-refractivity contribution in [2.24, 2.45) is 0 Å². The lowest BCUT2D eigenvalue weighted by Gasteiger charge is -2.39. The van der Waals surface area contributed by atoms with Crippen LogP contribution in [-0.4, -0.2) is 58.8 Å². The van der Waals surface area contributed by atoms with E-state index in [1.54, 1.807) is 0 Å². The third-order valence-corrected chi connectivity index (χ3v) is 7.95. The molecule has 40 heavy (non-hydrogen) atoms. The van der Waals surface area contributed by atoms with Crippen molar-refractivity contribution < 1.29 is 34.2 Å². The van der Waals surface area contributed by atoms with Gasteiger partial charge in [0, 0.05) is 25.2 Å². The monoisotopic (exact) mass is 567 g/mol. The molecule has 0 fully saturated rings. The second kappa shape index (κ2) is 27.3. The van der Waals surface area contributed by atoms with Gasteiger partial charge in [-0.05, 0) is 44.9 Å². The summed E-state index contributed by atoms with van der Waals surface area (Å²) >= 11 is 0. The van der Waals surface area contributed by atoms with E-state index in [-0.39, 0.29) is 19.3 Å². The molecule has 0 atom stereocenters. The van der Waals surface area contributed by atoms with E-state index in [0.29, 0.717) is 43.4 Å². The van der Waals surface area contributed by atoms with Crippen LogP contribution in [0.1, 0.15) is 155 Å². The molecule has 0 heterocycles. The molecule has 0 spiro atoms. The van der Waals surface area contributed by atoms with Crippen LogP contribution in [0, 0.1) is 0 Å². The van der Waals surface area contributed by atoms with E-state index in [0.717, 1.165) is 19.4 Å². The summed E-state index contributed by atoms with van der Waals surface area (Å²) in [7, 11) is 0. The summed E-state index contributed by atoms with van der Waals surface area (Å²) in [4.78, 5) is 33.1. The molecular formula is C33H61NO6. The Balaban J connectivity index is 4.13. The Hall–Kier alpha value is -1.89. The quantitative estimate of drug-likeness (QED) is 0.0517. The van der Waals surface area contributed by atoms with E-state index in [2.05, 4.69) is 19.1 Å². The minimum Gasteiger partial charge on any atom is -0.550 e.